The number of thiophene rings is 1. The summed E-state index contributed by atoms with van der Waals surface area (Å²) in [6, 6.07) is 2.15. The van der Waals surface area contributed by atoms with Crippen LogP contribution >= 0.6 is 11.3 Å². The second-order valence-electron chi connectivity index (χ2n) is 4.06. The zero-order chi connectivity index (χ0) is 12.4. The summed E-state index contributed by atoms with van der Waals surface area (Å²) in [5, 5.41) is 8.50. The van der Waals surface area contributed by atoms with Gasteiger partial charge in [0.1, 0.15) is 0 Å². The molecular weight excluding hydrogens is 246 g/mol. The van der Waals surface area contributed by atoms with Gasteiger partial charge in [0, 0.05) is 18.0 Å². The standard InChI is InChI=1S/C12H13N5S/c13-16-11(5-9-1-4-18-8-9)10-6-15-17-3-2-14-7-12(10)17/h1-4,6-8,11,16H,5,13H2. The van der Waals surface area contributed by atoms with E-state index in [1.165, 1.54) is 5.56 Å². The molecule has 5 nitrogen and oxygen atoms in total. The van der Waals surface area contributed by atoms with Crippen LogP contribution in [0.3, 0.4) is 0 Å². The highest BCUT2D eigenvalue weighted by molar-refractivity contribution is 7.07. The summed E-state index contributed by atoms with van der Waals surface area (Å²) in [5.74, 6) is 5.67. The predicted octanol–water partition coefficient (Wildman–Crippen LogP) is 1.54. The lowest BCUT2D eigenvalue weighted by Gasteiger charge is -2.13. The molecule has 1 unspecified atom stereocenters. The first-order valence-electron chi connectivity index (χ1n) is 5.63. The highest BCUT2D eigenvalue weighted by Crippen LogP contribution is 2.22. The lowest BCUT2D eigenvalue weighted by molar-refractivity contribution is 0.556. The van der Waals surface area contributed by atoms with Crippen molar-refractivity contribution in [3.63, 3.8) is 0 Å². The fourth-order valence-electron chi connectivity index (χ4n) is 2.02. The average Bonchev–Trinajstić information content (AvgIpc) is 3.05. The maximum Gasteiger partial charge on any atom is 0.0893 e. The molecule has 0 aliphatic rings. The minimum Gasteiger partial charge on any atom is -0.271 e. The van der Waals surface area contributed by atoms with Crippen LogP contribution in [0, 0.1) is 0 Å². The number of hydrazine groups is 1. The van der Waals surface area contributed by atoms with E-state index in [2.05, 4.69) is 32.3 Å². The van der Waals surface area contributed by atoms with Gasteiger partial charge < -0.3 is 0 Å². The van der Waals surface area contributed by atoms with E-state index in [0.717, 1.165) is 17.5 Å². The molecule has 3 rings (SSSR count). The van der Waals surface area contributed by atoms with E-state index in [-0.39, 0.29) is 6.04 Å². The fourth-order valence-corrected chi connectivity index (χ4v) is 2.71. The Labute approximate surface area is 108 Å². The number of rotatable bonds is 4. The Morgan fingerprint density at radius 1 is 1.44 bits per heavy atom. The van der Waals surface area contributed by atoms with Gasteiger partial charge >= 0.3 is 0 Å². The molecule has 0 saturated carbocycles. The minimum atomic E-state index is 0.0429. The molecule has 0 bridgehead atoms. The smallest absolute Gasteiger partial charge is 0.0893 e. The number of hydrogen-bond acceptors (Lipinski definition) is 5. The number of nitrogens with zero attached hydrogens (tertiary/aromatic N) is 3. The molecule has 3 heterocycles. The predicted molar refractivity (Wildman–Crippen MR) is 71.1 cm³/mol. The van der Waals surface area contributed by atoms with Gasteiger partial charge in [0.15, 0.2) is 0 Å². The molecule has 0 aromatic carbocycles. The number of nitrogens with two attached hydrogens (primary N) is 1. The maximum absolute atomic E-state index is 5.67. The highest BCUT2D eigenvalue weighted by Gasteiger charge is 2.15. The minimum absolute atomic E-state index is 0.0429. The van der Waals surface area contributed by atoms with Crippen LogP contribution in [0.25, 0.3) is 5.52 Å². The van der Waals surface area contributed by atoms with Crippen LogP contribution in [-0.4, -0.2) is 14.6 Å². The van der Waals surface area contributed by atoms with E-state index in [0.29, 0.717) is 0 Å². The van der Waals surface area contributed by atoms with E-state index in [4.69, 9.17) is 5.84 Å². The van der Waals surface area contributed by atoms with Crippen LogP contribution in [0.2, 0.25) is 0 Å². The second kappa shape index (κ2) is 4.85. The summed E-state index contributed by atoms with van der Waals surface area (Å²) in [7, 11) is 0. The first-order valence-corrected chi connectivity index (χ1v) is 6.57. The van der Waals surface area contributed by atoms with Crippen molar-refractivity contribution in [1.82, 2.24) is 20.0 Å². The van der Waals surface area contributed by atoms with Crippen LogP contribution < -0.4 is 11.3 Å². The summed E-state index contributed by atoms with van der Waals surface area (Å²) in [4.78, 5) is 4.13. The van der Waals surface area contributed by atoms with E-state index >= 15 is 0 Å². The number of fused-ring (bicyclic) bond motifs is 1. The van der Waals surface area contributed by atoms with Crippen molar-refractivity contribution in [2.75, 3.05) is 0 Å². The van der Waals surface area contributed by atoms with E-state index < -0.39 is 0 Å². The fraction of sp³-hybridized carbons (Fsp3) is 0.167. The van der Waals surface area contributed by atoms with Gasteiger partial charge in [-0.3, -0.25) is 16.3 Å². The quantitative estimate of drug-likeness (QED) is 0.551. The first kappa shape index (κ1) is 11.3. The second-order valence-corrected chi connectivity index (χ2v) is 4.84. The van der Waals surface area contributed by atoms with E-state index in [1.54, 1.807) is 28.2 Å². The molecule has 3 N–H and O–H groups in total. The van der Waals surface area contributed by atoms with Crippen LogP contribution in [0.15, 0.2) is 41.6 Å². The molecule has 3 aromatic rings. The Kier molecular flexibility index (Phi) is 3.06. The Bertz CT molecular complexity index is 631. The summed E-state index contributed by atoms with van der Waals surface area (Å²) in [6.45, 7) is 0. The average molecular weight is 259 g/mol. The molecule has 0 spiro atoms. The molecular formula is C12H13N5S. The maximum atomic E-state index is 5.67. The van der Waals surface area contributed by atoms with Gasteiger partial charge in [-0.05, 0) is 28.8 Å². The van der Waals surface area contributed by atoms with Gasteiger partial charge in [0.05, 0.1) is 24.0 Å². The molecule has 0 aliphatic carbocycles. The van der Waals surface area contributed by atoms with Crippen LogP contribution in [-0.2, 0) is 6.42 Å². The molecule has 0 aliphatic heterocycles. The molecule has 0 radical (unpaired) electrons. The molecule has 1 atom stereocenters. The summed E-state index contributed by atoms with van der Waals surface area (Å²) in [6.07, 6.45) is 8.04. The van der Waals surface area contributed by atoms with Gasteiger partial charge in [0.25, 0.3) is 0 Å². The van der Waals surface area contributed by atoms with Crippen molar-refractivity contribution in [3.05, 3.63) is 52.7 Å². The largest absolute Gasteiger partial charge is 0.271 e. The third kappa shape index (κ3) is 2.01. The van der Waals surface area contributed by atoms with Gasteiger partial charge in [0.2, 0.25) is 0 Å². The third-order valence-corrected chi connectivity index (χ3v) is 3.68. The van der Waals surface area contributed by atoms with Crippen molar-refractivity contribution in [2.24, 2.45) is 5.84 Å². The van der Waals surface area contributed by atoms with Crippen molar-refractivity contribution in [3.8, 4) is 0 Å². The van der Waals surface area contributed by atoms with E-state index in [9.17, 15) is 0 Å². The highest BCUT2D eigenvalue weighted by atomic mass is 32.1. The molecule has 18 heavy (non-hydrogen) atoms. The molecule has 6 heteroatoms. The zero-order valence-corrected chi connectivity index (χ0v) is 10.5. The van der Waals surface area contributed by atoms with Crippen LogP contribution in [0.4, 0.5) is 0 Å². The number of nitrogens with one attached hydrogen (secondary N) is 1. The Morgan fingerprint density at radius 2 is 2.39 bits per heavy atom. The topological polar surface area (TPSA) is 68.2 Å². The zero-order valence-electron chi connectivity index (χ0n) is 9.65. The van der Waals surface area contributed by atoms with Gasteiger partial charge in [-0.1, -0.05) is 0 Å². The first-order chi connectivity index (χ1) is 8.88. The molecule has 0 amide bonds. The lowest BCUT2D eigenvalue weighted by atomic mass is 10.0. The van der Waals surface area contributed by atoms with Crippen molar-refractivity contribution in [2.45, 2.75) is 12.5 Å². The van der Waals surface area contributed by atoms with Gasteiger partial charge in [-0.2, -0.15) is 16.4 Å². The Morgan fingerprint density at radius 3 is 3.17 bits per heavy atom. The van der Waals surface area contributed by atoms with Crippen LogP contribution in [0.1, 0.15) is 17.2 Å². The van der Waals surface area contributed by atoms with Crippen molar-refractivity contribution in [1.29, 1.82) is 0 Å². The molecule has 0 saturated heterocycles. The van der Waals surface area contributed by atoms with E-state index in [1.807, 2.05) is 12.4 Å². The molecule has 0 fully saturated rings. The summed E-state index contributed by atoms with van der Waals surface area (Å²) >= 11 is 1.69. The van der Waals surface area contributed by atoms with Gasteiger partial charge in [-0.25, -0.2) is 4.52 Å². The Hall–Kier alpha value is -1.76. The summed E-state index contributed by atoms with van der Waals surface area (Å²) in [5.41, 5.74) is 6.18. The summed E-state index contributed by atoms with van der Waals surface area (Å²) < 4.78 is 1.81. The molecule has 92 valence electrons. The van der Waals surface area contributed by atoms with Crippen LogP contribution in [0.5, 0.6) is 0 Å². The van der Waals surface area contributed by atoms with Gasteiger partial charge in [-0.15, -0.1) is 0 Å². The van der Waals surface area contributed by atoms with Crippen molar-refractivity contribution >= 4 is 16.9 Å². The Balaban J connectivity index is 1.96. The lowest BCUT2D eigenvalue weighted by Crippen LogP contribution is -2.29. The normalized spacial score (nSPS) is 12.9. The number of hydrogen-bond donors (Lipinski definition) is 2. The molecule has 3 aromatic heterocycles. The number of aromatic nitrogens is 3. The monoisotopic (exact) mass is 259 g/mol. The van der Waals surface area contributed by atoms with Crippen molar-refractivity contribution < 1.29 is 0 Å². The third-order valence-electron chi connectivity index (χ3n) is 2.95. The SMILES string of the molecule is NNC(Cc1ccsc1)c1cnn2ccncc12.